The maximum Gasteiger partial charge on any atom is 0.101 e. The summed E-state index contributed by atoms with van der Waals surface area (Å²) < 4.78 is 0. The molecule has 1 aliphatic rings. The predicted octanol–water partition coefficient (Wildman–Crippen LogP) is 2.16. The number of aryl methyl sites for hydroxylation is 1. The van der Waals surface area contributed by atoms with Gasteiger partial charge in [-0.25, -0.2) is 0 Å². The van der Waals surface area contributed by atoms with Crippen LogP contribution in [0.3, 0.4) is 0 Å². The molecule has 2 rings (SSSR count). The van der Waals surface area contributed by atoms with E-state index in [0.717, 1.165) is 18.4 Å². The number of nitrogens with zero attached hydrogens (tertiary/aromatic N) is 1. The molecule has 0 aliphatic heterocycles. The van der Waals surface area contributed by atoms with Crippen LogP contribution in [0.5, 0.6) is 0 Å². The number of nitriles is 1. The molecule has 0 radical (unpaired) electrons. The Morgan fingerprint density at radius 1 is 1.54 bits per heavy atom. The summed E-state index contributed by atoms with van der Waals surface area (Å²) in [5.41, 5.74) is 8.57. The van der Waals surface area contributed by atoms with Crippen molar-refractivity contribution in [2.24, 2.45) is 5.73 Å². The number of benzene rings is 1. The molecule has 1 aromatic rings. The van der Waals surface area contributed by atoms with Gasteiger partial charge in [0, 0.05) is 6.04 Å². The fraction of sp³-hybridized carbons (Fsp3) is 0.300. The highest BCUT2D eigenvalue weighted by molar-refractivity contribution is 6.32. The first-order valence-corrected chi connectivity index (χ1v) is 4.59. The summed E-state index contributed by atoms with van der Waals surface area (Å²) in [6.45, 7) is 0. The highest BCUT2D eigenvalue weighted by Gasteiger charge is 2.23. The molecule has 13 heavy (non-hydrogen) atoms. The van der Waals surface area contributed by atoms with Gasteiger partial charge in [0.2, 0.25) is 0 Å². The Balaban J connectivity index is 2.65. The number of fused-ring (bicyclic) bond motifs is 1. The molecule has 1 aromatic carbocycles. The zero-order valence-electron chi connectivity index (χ0n) is 7.05. The number of hydrogen-bond donors (Lipinski definition) is 1. The smallest absolute Gasteiger partial charge is 0.101 e. The van der Waals surface area contributed by atoms with E-state index in [9.17, 15) is 0 Å². The van der Waals surface area contributed by atoms with Crippen LogP contribution < -0.4 is 5.73 Å². The molecule has 2 N–H and O–H groups in total. The summed E-state index contributed by atoms with van der Waals surface area (Å²) in [5.74, 6) is 0. The lowest BCUT2D eigenvalue weighted by atomic mass is 10.1. The monoisotopic (exact) mass is 192 g/mol. The minimum atomic E-state index is 0.01000. The van der Waals surface area contributed by atoms with Gasteiger partial charge in [-0.2, -0.15) is 5.26 Å². The van der Waals surface area contributed by atoms with Crippen molar-refractivity contribution in [3.63, 3.8) is 0 Å². The third-order valence-corrected chi connectivity index (χ3v) is 2.89. The van der Waals surface area contributed by atoms with Crippen LogP contribution in [0.15, 0.2) is 12.1 Å². The third-order valence-electron chi connectivity index (χ3n) is 2.49. The number of nitrogens with two attached hydrogens (primary N) is 1. The van der Waals surface area contributed by atoms with Crippen LogP contribution in [0.25, 0.3) is 0 Å². The Morgan fingerprint density at radius 3 is 3.00 bits per heavy atom. The quantitative estimate of drug-likeness (QED) is 0.685. The molecule has 0 saturated carbocycles. The van der Waals surface area contributed by atoms with E-state index in [2.05, 4.69) is 6.07 Å². The van der Waals surface area contributed by atoms with Gasteiger partial charge in [0.15, 0.2) is 0 Å². The molecular weight excluding hydrogens is 184 g/mol. The van der Waals surface area contributed by atoms with Gasteiger partial charge in [-0.05, 0) is 30.0 Å². The van der Waals surface area contributed by atoms with Gasteiger partial charge < -0.3 is 5.73 Å². The molecule has 0 aromatic heterocycles. The van der Waals surface area contributed by atoms with Crippen molar-refractivity contribution in [1.29, 1.82) is 5.26 Å². The number of rotatable bonds is 0. The van der Waals surface area contributed by atoms with E-state index in [1.165, 1.54) is 5.56 Å². The average Bonchev–Trinajstić information content (AvgIpc) is 2.49. The van der Waals surface area contributed by atoms with Gasteiger partial charge in [-0.15, -0.1) is 0 Å². The second-order valence-electron chi connectivity index (χ2n) is 3.26. The van der Waals surface area contributed by atoms with Crippen LogP contribution in [0, 0.1) is 11.3 Å². The maximum atomic E-state index is 8.76. The predicted molar refractivity (Wildman–Crippen MR) is 51.4 cm³/mol. The second kappa shape index (κ2) is 3.02. The minimum absolute atomic E-state index is 0.01000. The summed E-state index contributed by atoms with van der Waals surface area (Å²) in [7, 11) is 0. The van der Waals surface area contributed by atoms with Crippen LogP contribution in [-0.2, 0) is 6.42 Å². The van der Waals surface area contributed by atoms with Gasteiger partial charge in [0.05, 0.1) is 10.6 Å². The van der Waals surface area contributed by atoms with Crippen LogP contribution in [-0.4, -0.2) is 0 Å². The molecule has 66 valence electrons. The van der Waals surface area contributed by atoms with E-state index in [1.54, 1.807) is 6.07 Å². The lowest BCUT2D eigenvalue weighted by Gasteiger charge is -2.07. The zero-order chi connectivity index (χ0) is 9.42. The van der Waals surface area contributed by atoms with E-state index in [-0.39, 0.29) is 6.04 Å². The molecule has 0 heterocycles. The highest BCUT2D eigenvalue weighted by Crippen LogP contribution is 2.36. The first kappa shape index (κ1) is 8.55. The molecule has 0 bridgehead atoms. The fourth-order valence-corrected chi connectivity index (χ4v) is 2.16. The lowest BCUT2D eigenvalue weighted by Crippen LogP contribution is -2.06. The summed E-state index contributed by atoms with van der Waals surface area (Å²) in [4.78, 5) is 0. The standard InChI is InChI=1S/C10H9ClN2/c11-10-7(5-12)2-1-6-3-4-8(13)9(6)10/h1-2,8H,3-4,13H2. The molecule has 0 fully saturated rings. The van der Waals surface area contributed by atoms with Crippen molar-refractivity contribution in [3.05, 3.63) is 33.8 Å². The molecule has 2 nitrogen and oxygen atoms in total. The largest absolute Gasteiger partial charge is 0.324 e. The van der Waals surface area contributed by atoms with Crippen LogP contribution in [0.4, 0.5) is 0 Å². The number of hydrogen-bond acceptors (Lipinski definition) is 2. The molecule has 3 heteroatoms. The Morgan fingerprint density at radius 2 is 2.31 bits per heavy atom. The first-order valence-electron chi connectivity index (χ1n) is 4.21. The van der Waals surface area contributed by atoms with Crippen molar-refractivity contribution in [3.8, 4) is 6.07 Å². The van der Waals surface area contributed by atoms with E-state index < -0.39 is 0 Å². The summed E-state index contributed by atoms with van der Waals surface area (Å²) in [5, 5.41) is 9.31. The molecule has 1 aliphatic carbocycles. The molecule has 1 atom stereocenters. The molecule has 0 spiro atoms. The number of halogens is 1. The van der Waals surface area contributed by atoms with Crippen molar-refractivity contribution in [1.82, 2.24) is 0 Å². The summed E-state index contributed by atoms with van der Waals surface area (Å²) in [6.07, 6.45) is 1.91. The Labute approximate surface area is 81.9 Å². The van der Waals surface area contributed by atoms with E-state index in [1.807, 2.05) is 6.07 Å². The van der Waals surface area contributed by atoms with E-state index in [0.29, 0.717) is 10.6 Å². The first-order chi connectivity index (χ1) is 6.24. The summed E-state index contributed by atoms with van der Waals surface area (Å²) in [6, 6.07) is 5.78. The van der Waals surface area contributed by atoms with E-state index >= 15 is 0 Å². The van der Waals surface area contributed by atoms with Gasteiger partial charge in [0.1, 0.15) is 6.07 Å². The Hall–Kier alpha value is -1.04. The molecular formula is C10H9ClN2. The third kappa shape index (κ3) is 1.21. The minimum Gasteiger partial charge on any atom is -0.324 e. The van der Waals surface area contributed by atoms with E-state index in [4.69, 9.17) is 22.6 Å². The second-order valence-corrected chi connectivity index (χ2v) is 3.63. The zero-order valence-corrected chi connectivity index (χ0v) is 7.80. The molecule has 0 saturated heterocycles. The summed E-state index contributed by atoms with van der Waals surface area (Å²) >= 11 is 6.05. The normalized spacial score (nSPS) is 19.6. The fourth-order valence-electron chi connectivity index (χ4n) is 1.79. The average molecular weight is 193 g/mol. The van der Waals surface area contributed by atoms with Crippen molar-refractivity contribution >= 4 is 11.6 Å². The van der Waals surface area contributed by atoms with Gasteiger partial charge in [0.25, 0.3) is 0 Å². The molecule has 1 unspecified atom stereocenters. The maximum absolute atomic E-state index is 8.76. The highest BCUT2D eigenvalue weighted by atomic mass is 35.5. The lowest BCUT2D eigenvalue weighted by molar-refractivity contribution is 0.713. The van der Waals surface area contributed by atoms with Gasteiger partial charge in [-0.3, -0.25) is 0 Å². The Kier molecular flexibility index (Phi) is 1.99. The van der Waals surface area contributed by atoms with Gasteiger partial charge >= 0.3 is 0 Å². The van der Waals surface area contributed by atoms with Gasteiger partial charge in [-0.1, -0.05) is 17.7 Å². The molecule has 0 amide bonds. The van der Waals surface area contributed by atoms with Crippen molar-refractivity contribution < 1.29 is 0 Å². The van der Waals surface area contributed by atoms with Crippen LogP contribution >= 0.6 is 11.6 Å². The SMILES string of the molecule is N#Cc1ccc2c(c1Cl)C(N)CC2. The van der Waals surface area contributed by atoms with Crippen LogP contribution in [0.1, 0.15) is 29.2 Å². The topological polar surface area (TPSA) is 49.8 Å². The Bertz CT molecular complexity index is 393. The van der Waals surface area contributed by atoms with Crippen molar-refractivity contribution in [2.75, 3.05) is 0 Å². The van der Waals surface area contributed by atoms with Crippen LogP contribution in [0.2, 0.25) is 5.02 Å². The van der Waals surface area contributed by atoms with Crippen molar-refractivity contribution in [2.45, 2.75) is 18.9 Å².